The van der Waals surface area contributed by atoms with E-state index in [0.29, 0.717) is 6.61 Å². The highest BCUT2D eigenvalue weighted by Crippen LogP contribution is 2.34. The van der Waals surface area contributed by atoms with Crippen LogP contribution in [0.1, 0.15) is 11.1 Å². The van der Waals surface area contributed by atoms with Crippen molar-refractivity contribution in [2.24, 2.45) is 0 Å². The maximum absolute atomic E-state index is 9.00. The SMILES string of the molecule is Cc1cc(Br)c2c(c1)C=C(CO)CO2. The Kier molecular flexibility index (Phi) is 2.61. The van der Waals surface area contributed by atoms with E-state index in [1.807, 2.05) is 19.1 Å². The van der Waals surface area contributed by atoms with Crippen LogP contribution in [0.4, 0.5) is 0 Å². The topological polar surface area (TPSA) is 29.5 Å². The predicted octanol–water partition coefficient (Wildman–Crippen LogP) is 2.53. The summed E-state index contributed by atoms with van der Waals surface area (Å²) in [7, 11) is 0. The minimum Gasteiger partial charge on any atom is -0.487 e. The summed E-state index contributed by atoms with van der Waals surface area (Å²) in [5.41, 5.74) is 3.12. The molecule has 0 unspecified atom stereocenters. The Bertz CT molecular complexity index is 397. The van der Waals surface area contributed by atoms with Gasteiger partial charge in [0.05, 0.1) is 11.1 Å². The van der Waals surface area contributed by atoms with Crippen molar-refractivity contribution < 1.29 is 9.84 Å². The van der Waals surface area contributed by atoms with Crippen LogP contribution in [0.5, 0.6) is 5.75 Å². The van der Waals surface area contributed by atoms with Gasteiger partial charge in [0.1, 0.15) is 12.4 Å². The van der Waals surface area contributed by atoms with E-state index in [0.717, 1.165) is 21.4 Å². The molecule has 0 fully saturated rings. The highest BCUT2D eigenvalue weighted by molar-refractivity contribution is 9.10. The maximum Gasteiger partial charge on any atom is 0.141 e. The van der Waals surface area contributed by atoms with Crippen LogP contribution < -0.4 is 4.74 Å². The van der Waals surface area contributed by atoms with Crippen LogP contribution in [-0.2, 0) is 0 Å². The number of halogens is 1. The van der Waals surface area contributed by atoms with Gasteiger partial charge in [0, 0.05) is 5.56 Å². The monoisotopic (exact) mass is 254 g/mol. The molecule has 1 N–H and O–H groups in total. The third-order valence-electron chi connectivity index (χ3n) is 2.18. The lowest BCUT2D eigenvalue weighted by Gasteiger charge is -2.18. The van der Waals surface area contributed by atoms with Crippen molar-refractivity contribution in [1.82, 2.24) is 0 Å². The standard InChI is InChI=1S/C11H11BrO2/c1-7-2-9-4-8(5-13)6-14-11(9)10(12)3-7/h2-4,13H,5-6H2,1H3. The van der Waals surface area contributed by atoms with Crippen LogP contribution in [0.25, 0.3) is 6.08 Å². The quantitative estimate of drug-likeness (QED) is 0.835. The van der Waals surface area contributed by atoms with Crippen LogP contribution in [-0.4, -0.2) is 18.3 Å². The number of benzene rings is 1. The van der Waals surface area contributed by atoms with Gasteiger partial charge in [-0.3, -0.25) is 0 Å². The summed E-state index contributed by atoms with van der Waals surface area (Å²) in [6.45, 7) is 2.57. The summed E-state index contributed by atoms with van der Waals surface area (Å²) in [4.78, 5) is 0. The van der Waals surface area contributed by atoms with Crippen LogP contribution in [0.3, 0.4) is 0 Å². The molecule has 1 heterocycles. The molecule has 1 aromatic carbocycles. The largest absolute Gasteiger partial charge is 0.487 e. The lowest BCUT2D eigenvalue weighted by Crippen LogP contribution is -2.10. The summed E-state index contributed by atoms with van der Waals surface area (Å²) in [6.07, 6.45) is 1.98. The lowest BCUT2D eigenvalue weighted by atomic mass is 10.1. The smallest absolute Gasteiger partial charge is 0.141 e. The molecule has 14 heavy (non-hydrogen) atoms. The molecule has 0 saturated heterocycles. The van der Waals surface area contributed by atoms with E-state index < -0.39 is 0 Å². The molecule has 1 aliphatic rings. The van der Waals surface area contributed by atoms with Gasteiger partial charge in [0.25, 0.3) is 0 Å². The number of ether oxygens (including phenoxy) is 1. The van der Waals surface area contributed by atoms with E-state index in [9.17, 15) is 0 Å². The molecule has 2 rings (SSSR count). The zero-order chi connectivity index (χ0) is 10.1. The number of rotatable bonds is 1. The zero-order valence-electron chi connectivity index (χ0n) is 7.88. The minimum absolute atomic E-state index is 0.0605. The Hall–Kier alpha value is -0.800. The molecule has 0 bridgehead atoms. The highest BCUT2D eigenvalue weighted by atomic mass is 79.9. The summed E-state index contributed by atoms with van der Waals surface area (Å²) < 4.78 is 6.51. The molecule has 0 aromatic heterocycles. The second kappa shape index (κ2) is 3.75. The molecule has 0 saturated carbocycles. The van der Waals surface area contributed by atoms with Gasteiger partial charge in [0.2, 0.25) is 0 Å². The molecule has 0 amide bonds. The van der Waals surface area contributed by atoms with Crippen molar-refractivity contribution in [2.45, 2.75) is 6.92 Å². The number of aliphatic hydroxyl groups excluding tert-OH is 1. The van der Waals surface area contributed by atoms with Crippen molar-refractivity contribution in [1.29, 1.82) is 0 Å². The predicted molar refractivity (Wildman–Crippen MR) is 59.4 cm³/mol. The molecule has 1 aliphatic heterocycles. The van der Waals surface area contributed by atoms with Crippen molar-refractivity contribution in [3.63, 3.8) is 0 Å². The van der Waals surface area contributed by atoms with Crippen molar-refractivity contribution in [2.75, 3.05) is 13.2 Å². The van der Waals surface area contributed by atoms with Crippen LogP contribution in [0.2, 0.25) is 0 Å². The molecule has 74 valence electrons. The first-order valence-electron chi connectivity index (χ1n) is 4.44. The van der Waals surface area contributed by atoms with Gasteiger partial charge in [-0.1, -0.05) is 0 Å². The van der Waals surface area contributed by atoms with E-state index in [1.54, 1.807) is 0 Å². The Morgan fingerprint density at radius 2 is 2.29 bits per heavy atom. The molecule has 0 aliphatic carbocycles. The van der Waals surface area contributed by atoms with Gasteiger partial charge in [0.15, 0.2) is 0 Å². The Morgan fingerprint density at radius 1 is 1.50 bits per heavy atom. The average Bonchev–Trinajstić information content (AvgIpc) is 2.16. The highest BCUT2D eigenvalue weighted by Gasteiger charge is 2.14. The first kappa shape index (κ1) is 9.74. The van der Waals surface area contributed by atoms with E-state index in [1.165, 1.54) is 5.56 Å². The number of hydrogen-bond acceptors (Lipinski definition) is 2. The second-order valence-electron chi connectivity index (χ2n) is 3.41. The third-order valence-corrected chi connectivity index (χ3v) is 2.77. The fraction of sp³-hybridized carbons (Fsp3) is 0.273. The minimum atomic E-state index is 0.0605. The molecular formula is C11H11BrO2. The first-order chi connectivity index (χ1) is 6.70. The number of aryl methyl sites for hydroxylation is 1. The fourth-order valence-electron chi connectivity index (χ4n) is 1.53. The summed E-state index contributed by atoms with van der Waals surface area (Å²) in [5, 5.41) is 9.00. The van der Waals surface area contributed by atoms with Crippen LogP contribution in [0, 0.1) is 6.92 Å². The lowest BCUT2D eigenvalue weighted by molar-refractivity contribution is 0.284. The maximum atomic E-state index is 9.00. The van der Waals surface area contributed by atoms with E-state index in [4.69, 9.17) is 9.84 Å². The van der Waals surface area contributed by atoms with Gasteiger partial charge in [-0.2, -0.15) is 0 Å². The van der Waals surface area contributed by atoms with Crippen LogP contribution >= 0.6 is 15.9 Å². The molecule has 0 spiro atoms. The van der Waals surface area contributed by atoms with Crippen molar-refractivity contribution >= 4 is 22.0 Å². The molecule has 0 radical (unpaired) electrons. The first-order valence-corrected chi connectivity index (χ1v) is 5.23. The molecule has 3 heteroatoms. The number of aliphatic hydroxyl groups is 1. The van der Waals surface area contributed by atoms with E-state index in [2.05, 4.69) is 22.0 Å². The molecular weight excluding hydrogens is 244 g/mol. The Labute approximate surface area is 91.3 Å². The van der Waals surface area contributed by atoms with Gasteiger partial charge < -0.3 is 9.84 Å². The third kappa shape index (κ3) is 1.70. The fourth-order valence-corrected chi connectivity index (χ4v) is 2.24. The molecule has 1 aromatic rings. The van der Waals surface area contributed by atoms with Gasteiger partial charge in [-0.15, -0.1) is 0 Å². The number of fused-ring (bicyclic) bond motifs is 1. The second-order valence-corrected chi connectivity index (χ2v) is 4.27. The Morgan fingerprint density at radius 3 is 3.00 bits per heavy atom. The van der Waals surface area contributed by atoms with Crippen molar-refractivity contribution in [3.8, 4) is 5.75 Å². The van der Waals surface area contributed by atoms with Gasteiger partial charge >= 0.3 is 0 Å². The summed E-state index contributed by atoms with van der Waals surface area (Å²) >= 11 is 3.46. The van der Waals surface area contributed by atoms with E-state index in [-0.39, 0.29) is 6.61 Å². The Balaban J connectivity index is 2.52. The summed E-state index contributed by atoms with van der Waals surface area (Å²) in [6, 6.07) is 4.07. The average molecular weight is 255 g/mol. The van der Waals surface area contributed by atoms with Crippen molar-refractivity contribution in [3.05, 3.63) is 33.3 Å². The number of hydrogen-bond donors (Lipinski definition) is 1. The van der Waals surface area contributed by atoms with Gasteiger partial charge in [-0.05, 0) is 52.2 Å². The van der Waals surface area contributed by atoms with Gasteiger partial charge in [-0.25, -0.2) is 0 Å². The normalized spacial score (nSPS) is 14.4. The summed E-state index contributed by atoms with van der Waals surface area (Å²) in [5.74, 6) is 0.868. The molecule has 2 nitrogen and oxygen atoms in total. The molecule has 0 atom stereocenters. The van der Waals surface area contributed by atoms with Crippen LogP contribution in [0.15, 0.2) is 22.2 Å². The zero-order valence-corrected chi connectivity index (χ0v) is 9.47. The van der Waals surface area contributed by atoms with E-state index >= 15 is 0 Å².